The normalized spacial score (nSPS) is 11.6. The van der Waals surface area contributed by atoms with Crippen LogP contribution in [0.3, 0.4) is 0 Å². The quantitative estimate of drug-likeness (QED) is 0.576. The molecule has 0 bridgehead atoms. The molecule has 0 spiro atoms. The van der Waals surface area contributed by atoms with Crippen LogP contribution in [0.2, 0.25) is 0 Å². The molecule has 15 heavy (non-hydrogen) atoms. The molecule has 0 unspecified atom stereocenters. The number of benzene rings is 2. The van der Waals surface area contributed by atoms with Crippen LogP contribution in [0.1, 0.15) is 5.56 Å². The number of rotatable bonds is 2. The van der Waals surface area contributed by atoms with Gasteiger partial charge in [-0.1, -0.05) is 43.0 Å². The van der Waals surface area contributed by atoms with Crippen LogP contribution in [-0.2, 0) is 5.79 Å². The van der Waals surface area contributed by atoms with E-state index < -0.39 is 5.79 Å². The van der Waals surface area contributed by atoms with E-state index in [4.69, 9.17) is 0 Å². The molecule has 2 heteroatoms. The Kier molecular flexibility index (Phi) is 2.31. The molecule has 2 N–H and O–H groups in total. The number of hydrogen-bond donors (Lipinski definition) is 2. The Morgan fingerprint density at radius 1 is 1.00 bits per heavy atom. The van der Waals surface area contributed by atoms with Gasteiger partial charge in [0.2, 0.25) is 5.79 Å². The smallest absolute Gasteiger partial charge is 0.209 e. The molecule has 0 aromatic heterocycles. The second kappa shape index (κ2) is 3.50. The summed E-state index contributed by atoms with van der Waals surface area (Å²) in [4.78, 5) is 0. The predicted octanol–water partition coefficient (Wildman–Crippen LogP) is 2.16. The predicted molar refractivity (Wildman–Crippen MR) is 60.3 cm³/mol. The summed E-state index contributed by atoms with van der Waals surface area (Å²) in [5.74, 6) is -1.95. The minimum Gasteiger partial charge on any atom is -0.359 e. The third-order valence-electron chi connectivity index (χ3n) is 2.46. The molecule has 2 aromatic carbocycles. The van der Waals surface area contributed by atoms with Crippen LogP contribution in [0.4, 0.5) is 0 Å². The molecule has 0 radical (unpaired) electrons. The van der Waals surface area contributed by atoms with Crippen LogP contribution < -0.4 is 0 Å². The highest BCUT2D eigenvalue weighted by atomic mass is 16.5. The molecule has 2 aromatic rings. The molecule has 0 amide bonds. The van der Waals surface area contributed by atoms with Crippen molar-refractivity contribution in [3.8, 4) is 0 Å². The third-order valence-corrected chi connectivity index (χ3v) is 2.46. The van der Waals surface area contributed by atoms with E-state index in [9.17, 15) is 10.2 Å². The van der Waals surface area contributed by atoms with Crippen LogP contribution in [-0.4, -0.2) is 10.2 Å². The topological polar surface area (TPSA) is 40.5 Å². The lowest BCUT2D eigenvalue weighted by Crippen LogP contribution is -2.21. The van der Waals surface area contributed by atoms with Crippen molar-refractivity contribution in [3.63, 3.8) is 0 Å². The van der Waals surface area contributed by atoms with Crippen LogP contribution in [0, 0.1) is 0 Å². The summed E-state index contributed by atoms with van der Waals surface area (Å²) in [5, 5.41) is 21.2. The molecular weight excluding hydrogens is 188 g/mol. The van der Waals surface area contributed by atoms with Gasteiger partial charge in [-0.05, 0) is 22.9 Å². The molecule has 2 rings (SSSR count). The Labute approximate surface area is 88.1 Å². The van der Waals surface area contributed by atoms with Gasteiger partial charge in [0.15, 0.2) is 0 Å². The van der Waals surface area contributed by atoms with Gasteiger partial charge in [0.05, 0.1) is 0 Å². The van der Waals surface area contributed by atoms with Crippen LogP contribution in [0.5, 0.6) is 0 Å². The van der Waals surface area contributed by atoms with E-state index in [0.717, 1.165) is 16.8 Å². The summed E-state index contributed by atoms with van der Waals surface area (Å²) in [7, 11) is 0. The summed E-state index contributed by atoms with van der Waals surface area (Å²) >= 11 is 0. The summed E-state index contributed by atoms with van der Waals surface area (Å²) in [6.07, 6.45) is 1.11. The lowest BCUT2D eigenvalue weighted by molar-refractivity contribution is -0.124. The lowest BCUT2D eigenvalue weighted by Gasteiger charge is -2.17. The zero-order chi connectivity index (χ0) is 10.9. The van der Waals surface area contributed by atoms with Crippen molar-refractivity contribution in [1.82, 2.24) is 0 Å². The first-order chi connectivity index (χ1) is 7.13. The van der Waals surface area contributed by atoms with Gasteiger partial charge in [0.25, 0.3) is 0 Å². The van der Waals surface area contributed by atoms with Gasteiger partial charge < -0.3 is 10.2 Å². The highest BCUT2D eigenvalue weighted by molar-refractivity contribution is 5.83. The van der Waals surface area contributed by atoms with Gasteiger partial charge in [-0.25, -0.2) is 0 Å². The SMILES string of the molecule is C=CC(O)(O)c1ccc2ccccc2c1. The summed E-state index contributed by atoms with van der Waals surface area (Å²) in [6.45, 7) is 3.39. The standard InChI is InChI=1S/C13H12O2/c1-2-13(14,15)12-8-7-10-5-3-4-6-11(10)9-12/h2-9,14-15H,1H2. The largest absolute Gasteiger partial charge is 0.359 e. The van der Waals surface area contributed by atoms with Gasteiger partial charge in [0, 0.05) is 5.56 Å². The molecular formula is C13H12O2. The number of fused-ring (bicyclic) bond motifs is 1. The van der Waals surface area contributed by atoms with Gasteiger partial charge in [-0.2, -0.15) is 0 Å². The minimum atomic E-state index is -1.95. The second-order valence-electron chi connectivity index (χ2n) is 3.49. The van der Waals surface area contributed by atoms with Crippen LogP contribution in [0.25, 0.3) is 10.8 Å². The molecule has 2 nitrogen and oxygen atoms in total. The van der Waals surface area contributed by atoms with Gasteiger partial charge in [-0.3, -0.25) is 0 Å². The van der Waals surface area contributed by atoms with E-state index in [1.807, 2.05) is 30.3 Å². The monoisotopic (exact) mass is 200 g/mol. The first-order valence-corrected chi connectivity index (χ1v) is 4.71. The summed E-state index contributed by atoms with van der Waals surface area (Å²) in [5.41, 5.74) is 0.427. The van der Waals surface area contributed by atoms with Gasteiger partial charge in [0.1, 0.15) is 0 Å². The first-order valence-electron chi connectivity index (χ1n) is 4.71. The molecule has 0 atom stereocenters. The van der Waals surface area contributed by atoms with E-state index in [0.29, 0.717) is 5.56 Å². The Balaban J connectivity index is 2.61. The Hall–Kier alpha value is -1.64. The molecule has 0 heterocycles. The Morgan fingerprint density at radius 3 is 2.33 bits per heavy atom. The third kappa shape index (κ3) is 1.77. The van der Waals surface area contributed by atoms with Crippen molar-refractivity contribution in [2.75, 3.05) is 0 Å². The number of hydrogen-bond acceptors (Lipinski definition) is 2. The zero-order valence-electron chi connectivity index (χ0n) is 8.22. The summed E-state index contributed by atoms with van der Waals surface area (Å²) in [6, 6.07) is 13.1. The number of aliphatic hydroxyl groups is 2. The van der Waals surface area contributed by atoms with E-state index >= 15 is 0 Å². The zero-order valence-corrected chi connectivity index (χ0v) is 8.22. The van der Waals surface area contributed by atoms with E-state index in [1.54, 1.807) is 12.1 Å². The molecule has 0 aliphatic heterocycles. The van der Waals surface area contributed by atoms with Crippen molar-refractivity contribution < 1.29 is 10.2 Å². The molecule has 0 aliphatic carbocycles. The minimum absolute atomic E-state index is 0.427. The van der Waals surface area contributed by atoms with E-state index in [-0.39, 0.29) is 0 Å². The van der Waals surface area contributed by atoms with Crippen LogP contribution in [0.15, 0.2) is 55.1 Å². The molecule has 0 saturated heterocycles. The average Bonchev–Trinajstić information content (AvgIpc) is 2.28. The Morgan fingerprint density at radius 2 is 1.67 bits per heavy atom. The van der Waals surface area contributed by atoms with Crippen LogP contribution >= 0.6 is 0 Å². The Bertz CT molecular complexity index is 501. The van der Waals surface area contributed by atoms with Gasteiger partial charge in [-0.15, -0.1) is 0 Å². The van der Waals surface area contributed by atoms with Crippen molar-refractivity contribution in [2.45, 2.75) is 5.79 Å². The fourth-order valence-electron chi connectivity index (χ4n) is 1.54. The van der Waals surface area contributed by atoms with Crippen molar-refractivity contribution in [3.05, 3.63) is 60.7 Å². The maximum absolute atomic E-state index is 9.59. The molecule has 0 fully saturated rings. The molecule has 0 aliphatic rings. The van der Waals surface area contributed by atoms with Crippen molar-refractivity contribution >= 4 is 10.8 Å². The average molecular weight is 200 g/mol. The van der Waals surface area contributed by atoms with E-state index in [1.165, 1.54) is 0 Å². The maximum Gasteiger partial charge on any atom is 0.209 e. The van der Waals surface area contributed by atoms with Gasteiger partial charge >= 0.3 is 0 Å². The highest BCUT2D eigenvalue weighted by Crippen LogP contribution is 2.23. The lowest BCUT2D eigenvalue weighted by atomic mass is 10.0. The second-order valence-corrected chi connectivity index (χ2v) is 3.49. The molecule has 0 saturated carbocycles. The maximum atomic E-state index is 9.59. The fraction of sp³-hybridized carbons (Fsp3) is 0.0769. The van der Waals surface area contributed by atoms with Crippen molar-refractivity contribution in [2.24, 2.45) is 0 Å². The molecule has 76 valence electrons. The highest BCUT2D eigenvalue weighted by Gasteiger charge is 2.20. The first kappa shape index (κ1) is 9.90. The fourth-order valence-corrected chi connectivity index (χ4v) is 1.54. The van der Waals surface area contributed by atoms with E-state index in [2.05, 4.69) is 6.58 Å². The van der Waals surface area contributed by atoms with Crippen molar-refractivity contribution in [1.29, 1.82) is 0 Å². The summed E-state index contributed by atoms with van der Waals surface area (Å²) < 4.78 is 0.